The van der Waals surface area contributed by atoms with E-state index in [1.54, 1.807) is 11.8 Å². The van der Waals surface area contributed by atoms with E-state index in [4.69, 9.17) is 14.2 Å². The fourth-order valence-corrected chi connectivity index (χ4v) is 4.40. The lowest BCUT2D eigenvalue weighted by Crippen LogP contribution is -2.44. The number of nitrogens with zero attached hydrogens (tertiary/aromatic N) is 1. The molecule has 2 heterocycles. The van der Waals surface area contributed by atoms with Gasteiger partial charge in [0.25, 0.3) is 5.91 Å². The summed E-state index contributed by atoms with van der Waals surface area (Å²) in [6, 6.07) is 0.621. The summed E-state index contributed by atoms with van der Waals surface area (Å²) in [6.07, 6.45) is 5.85. The van der Waals surface area contributed by atoms with Gasteiger partial charge < -0.3 is 24.6 Å². The summed E-state index contributed by atoms with van der Waals surface area (Å²) in [4.78, 5) is 29.6. The SMILES string of the molecule is COc1ccnc(C(=O)N[C@H]2CCC[C@H](CCSC)[C@@H](OCC(C)C)[C@H](C)OC2=O)c1O. The Balaban J connectivity index is 2.16. The number of aromatic hydroxyl groups is 1. The molecule has 0 bridgehead atoms. The van der Waals surface area contributed by atoms with Gasteiger partial charge in [-0.05, 0) is 50.0 Å². The van der Waals surface area contributed by atoms with Crippen LogP contribution in [-0.2, 0) is 14.3 Å². The lowest BCUT2D eigenvalue weighted by atomic mass is 9.90. The molecule has 2 N–H and O–H groups in total. The van der Waals surface area contributed by atoms with Crippen molar-refractivity contribution in [3.8, 4) is 11.5 Å². The van der Waals surface area contributed by atoms with Gasteiger partial charge in [-0.3, -0.25) is 4.79 Å². The number of carbonyl (C=O) groups excluding carboxylic acids is 2. The van der Waals surface area contributed by atoms with E-state index in [1.807, 2.05) is 6.92 Å². The maximum absolute atomic E-state index is 12.9. The lowest BCUT2D eigenvalue weighted by molar-refractivity contribution is -0.161. The van der Waals surface area contributed by atoms with Crippen molar-refractivity contribution in [2.24, 2.45) is 11.8 Å². The van der Waals surface area contributed by atoms with Crippen LogP contribution >= 0.6 is 11.8 Å². The average molecular weight is 469 g/mol. The molecule has 1 aromatic heterocycles. The van der Waals surface area contributed by atoms with Gasteiger partial charge in [0.1, 0.15) is 12.1 Å². The Morgan fingerprint density at radius 1 is 1.41 bits per heavy atom. The van der Waals surface area contributed by atoms with E-state index >= 15 is 0 Å². The molecular formula is C23H36N2O6S. The highest BCUT2D eigenvalue weighted by Crippen LogP contribution is 2.29. The predicted molar refractivity (Wildman–Crippen MR) is 124 cm³/mol. The van der Waals surface area contributed by atoms with Crippen LogP contribution in [0.3, 0.4) is 0 Å². The number of carbonyl (C=O) groups is 2. The summed E-state index contributed by atoms with van der Waals surface area (Å²) in [5.41, 5.74) is -0.193. The number of amides is 1. The summed E-state index contributed by atoms with van der Waals surface area (Å²) in [6.45, 7) is 6.64. The number of hydrogen-bond donors (Lipinski definition) is 2. The highest BCUT2D eigenvalue weighted by Gasteiger charge is 2.35. The van der Waals surface area contributed by atoms with Crippen LogP contribution in [0, 0.1) is 11.8 Å². The summed E-state index contributed by atoms with van der Waals surface area (Å²) in [7, 11) is 1.39. The van der Waals surface area contributed by atoms with Crippen LogP contribution in [0.25, 0.3) is 0 Å². The van der Waals surface area contributed by atoms with Crippen molar-refractivity contribution in [3.63, 3.8) is 0 Å². The molecule has 9 heteroatoms. The number of rotatable bonds is 9. The van der Waals surface area contributed by atoms with Crippen LogP contribution in [0.5, 0.6) is 11.5 Å². The van der Waals surface area contributed by atoms with Gasteiger partial charge in [0.05, 0.1) is 13.2 Å². The van der Waals surface area contributed by atoms with Crippen molar-refractivity contribution >= 4 is 23.6 Å². The Bertz CT molecular complexity index is 760. The molecule has 0 radical (unpaired) electrons. The van der Waals surface area contributed by atoms with Crippen LogP contribution in [0.15, 0.2) is 12.3 Å². The number of nitrogens with one attached hydrogen (secondary N) is 1. The zero-order chi connectivity index (χ0) is 23.7. The molecule has 32 heavy (non-hydrogen) atoms. The standard InChI is InChI=1S/C23H36N2O6S/c1-14(2)13-30-21-15(3)31-23(28)17(8-6-7-16(21)10-12-32-5)25-22(27)19-20(26)18(29-4)9-11-24-19/h9,11,14-17,21,26H,6-8,10,12-13H2,1-5H3,(H,25,27)/t15-,16+,17-,21-/m0/s1. The molecule has 0 saturated carbocycles. The van der Waals surface area contributed by atoms with E-state index in [9.17, 15) is 14.7 Å². The first kappa shape index (κ1) is 26.3. The third-order valence-corrected chi connectivity index (χ3v) is 6.17. The fourth-order valence-electron chi connectivity index (χ4n) is 3.86. The highest BCUT2D eigenvalue weighted by atomic mass is 32.2. The van der Waals surface area contributed by atoms with Crippen molar-refractivity contribution in [3.05, 3.63) is 18.0 Å². The number of hydrogen-bond acceptors (Lipinski definition) is 8. The Hall–Kier alpha value is -2.00. The number of thioether (sulfide) groups is 1. The first-order valence-electron chi connectivity index (χ1n) is 11.1. The quantitative estimate of drug-likeness (QED) is 0.531. The molecule has 1 fully saturated rings. The monoisotopic (exact) mass is 468 g/mol. The minimum atomic E-state index is -0.831. The number of methoxy groups -OCH3 is 1. The highest BCUT2D eigenvalue weighted by molar-refractivity contribution is 7.98. The minimum absolute atomic E-state index is 0.137. The first-order valence-corrected chi connectivity index (χ1v) is 12.5. The molecule has 4 atom stereocenters. The fraction of sp³-hybridized carbons (Fsp3) is 0.696. The van der Waals surface area contributed by atoms with E-state index in [1.165, 1.54) is 19.4 Å². The second-order valence-corrected chi connectivity index (χ2v) is 9.53. The molecule has 0 unspecified atom stereocenters. The third-order valence-electron chi connectivity index (χ3n) is 5.52. The van der Waals surface area contributed by atoms with E-state index in [-0.39, 0.29) is 29.2 Å². The summed E-state index contributed by atoms with van der Waals surface area (Å²) in [5.74, 6) is 0.269. The first-order chi connectivity index (χ1) is 15.3. The summed E-state index contributed by atoms with van der Waals surface area (Å²) < 4.78 is 17.0. The van der Waals surface area contributed by atoms with Gasteiger partial charge in [0.2, 0.25) is 0 Å². The van der Waals surface area contributed by atoms with E-state index < -0.39 is 24.0 Å². The summed E-state index contributed by atoms with van der Waals surface area (Å²) in [5, 5.41) is 12.9. The molecule has 1 saturated heterocycles. The molecular weight excluding hydrogens is 432 g/mol. The van der Waals surface area contributed by atoms with Gasteiger partial charge in [0, 0.05) is 18.9 Å². The molecule has 0 aromatic carbocycles. The molecule has 180 valence electrons. The van der Waals surface area contributed by atoms with Crippen LogP contribution in [0.2, 0.25) is 0 Å². The molecule has 1 aliphatic heterocycles. The minimum Gasteiger partial charge on any atom is -0.503 e. The number of cyclic esters (lactones) is 1. The molecule has 2 rings (SSSR count). The number of pyridine rings is 1. The Morgan fingerprint density at radius 3 is 2.81 bits per heavy atom. The van der Waals surface area contributed by atoms with Crippen molar-refractivity contribution in [2.45, 2.75) is 64.7 Å². The van der Waals surface area contributed by atoms with Crippen LogP contribution in [0.1, 0.15) is 56.9 Å². The predicted octanol–water partition coefficient (Wildman–Crippen LogP) is 3.42. The Kier molecular flexibility index (Phi) is 10.6. The van der Waals surface area contributed by atoms with Gasteiger partial charge in [0.15, 0.2) is 17.2 Å². The largest absolute Gasteiger partial charge is 0.503 e. The second-order valence-electron chi connectivity index (χ2n) is 8.54. The Morgan fingerprint density at radius 2 is 2.16 bits per heavy atom. The molecule has 0 aliphatic carbocycles. The van der Waals surface area contributed by atoms with Crippen LogP contribution in [-0.4, -0.2) is 65.9 Å². The number of esters is 1. The average Bonchev–Trinajstić information content (AvgIpc) is 2.80. The molecule has 0 spiro atoms. The zero-order valence-corrected chi connectivity index (χ0v) is 20.4. The van der Waals surface area contributed by atoms with E-state index in [0.717, 1.165) is 25.0 Å². The second kappa shape index (κ2) is 12.9. The smallest absolute Gasteiger partial charge is 0.329 e. The zero-order valence-electron chi connectivity index (χ0n) is 19.6. The van der Waals surface area contributed by atoms with Gasteiger partial charge in [-0.1, -0.05) is 20.3 Å². The van der Waals surface area contributed by atoms with Crippen LogP contribution < -0.4 is 10.1 Å². The molecule has 1 aliphatic rings. The van der Waals surface area contributed by atoms with Crippen molar-refractivity contribution in [1.82, 2.24) is 10.3 Å². The van der Waals surface area contributed by atoms with Crippen molar-refractivity contribution < 1.29 is 28.9 Å². The van der Waals surface area contributed by atoms with Crippen LogP contribution in [0.4, 0.5) is 0 Å². The van der Waals surface area contributed by atoms with Crippen molar-refractivity contribution in [2.75, 3.05) is 25.7 Å². The van der Waals surface area contributed by atoms with Gasteiger partial charge >= 0.3 is 5.97 Å². The maximum Gasteiger partial charge on any atom is 0.329 e. The van der Waals surface area contributed by atoms with Gasteiger partial charge in [-0.25, -0.2) is 9.78 Å². The van der Waals surface area contributed by atoms with Crippen molar-refractivity contribution in [1.29, 1.82) is 0 Å². The molecule has 1 aromatic rings. The topological polar surface area (TPSA) is 107 Å². The summed E-state index contributed by atoms with van der Waals surface area (Å²) >= 11 is 1.79. The van der Waals surface area contributed by atoms with E-state index in [2.05, 4.69) is 30.4 Å². The van der Waals surface area contributed by atoms with Gasteiger partial charge in [-0.2, -0.15) is 11.8 Å². The molecule has 8 nitrogen and oxygen atoms in total. The number of ether oxygens (including phenoxy) is 3. The third kappa shape index (κ3) is 7.27. The Labute approximate surface area is 194 Å². The maximum atomic E-state index is 12.9. The normalized spacial score (nSPS) is 24.2. The van der Waals surface area contributed by atoms with E-state index in [0.29, 0.717) is 18.9 Å². The number of aromatic nitrogens is 1. The lowest BCUT2D eigenvalue weighted by Gasteiger charge is -2.31. The van der Waals surface area contributed by atoms with Gasteiger partial charge in [-0.15, -0.1) is 0 Å². The molecule has 1 amide bonds.